The minimum atomic E-state index is -0.474. The SMILES string of the molecule is COc1ccc2c(c1)OC(Cc1ccc(Cl)cc1)C2=O. The highest BCUT2D eigenvalue weighted by atomic mass is 35.5. The van der Waals surface area contributed by atoms with Crippen LogP contribution in [0.25, 0.3) is 0 Å². The Balaban J connectivity index is 1.81. The van der Waals surface area contributed by atoms with E-state index in [4.69, 9.17) is 21.1 Å². The first-order valence-electron chi connectivity index (χ1n) is 6.31. The van der Waals surface area contributed by atoms with Crippen LogP contribution in [0.3, 0.4) is 0 Å². The number of hydrogen-bond donors (Lipinski definition) is 0. The van der Waals surface area contributed by atoms with Gasteiger partial charge in [0.05, 0.1) is 12.7 Å². The molecule has 2 aromatic rings. The molecule has 1 aliphatic rings. The molecular weight excluding hydrogens is 276 g/mol. The van der Waals surface area contributed by atoms with Crippen molar-refractivity contribution in [1.29, 1.82) is 0 Å². The molecule has 2 aromatic carbocycles. The van der Waals surface area contributed by atoms with Crippen LogP contribution in [0.5, 0.6) is 11.5 Å². The summed E-state index contributed by atoms with van der Waals surface area (Å²) in [7, 11) is 1.59. The van der Waals surface area contributed by atoms with E-state index < -0.39 is 6.10 Å². The molecule has 3 nitrogen and oxygen atoms in total. The van der Waals surface area contributed by atoms with Crippen LogP contribution in [0, 0.1) is 0 Å². The van der Waals surface area contributed by atoms with Gasteiger partial charge in [0.25, 0.3) is 0 Å². The second-order valence-corrected chi connectivity index (χ2v) is 5.10. The Morgan fingerprint density at radius 3 is 2.65 bits per heavy atom. The second-order valence-electron chi connectivity index (χ2n) is 4.66. The molecule has 1 aliphatic heterocycles. The van der Waals surface area contributed by atoms with Crippen molar-refractivity contribution in [3.63, 3.8) is 0 Å². The van der Waals surface area contributed by atoms with Crippen LogP contribution in [-0.4, -0.2) is 19.0 Å². The van der Waals surface area contributed by atoms with Gasteiger partial charge in [0, 0.05) is 17.5 Å². The lowest BCUT2D eigenvalue weighted by molar-refractivity contribution is 0.0857. The number of carbonyl (C=O) groups is 1. The van der Waals surface area contributed by atoms with E-state index in [1.807, 2.05) is 24.3 Å². The molecule has 0 aromatic heterocycles. The highest BCUT2D eigenvalue weighted by Crippen LogP contribution is 2.33. The number of ketones is 1. The van der Waals surface area contributed by atoms with E-state index in [0.29, 0.717) is 28.5 Å². The predicted molar refractivity (Wildman–Crippen MR) is 76.9 cm³/mol. The Bertz CT molecular complexity index is 649. The maximum absolute atomic E-state index is 12.3. The molecule has 1 unspecified atom stereocenters. The van der Waals surface area contributed by atoms with Crippen molar-refractivity contribution >= 4 is 17.4 Å². The smallest absolute Gasteiger partial charge is 0.207 e. The van der Waals surface area contributed by atoms with Crippen molar-refractivity contribution < 1.29 is 14.3 Å². The van der Waals surface area contributed by atoms with Crippen molar-refractivity contribution in [3.05, 3.63) is 58.6 Å². The molecule has 3 rings (SSSR count). The number of carbonyl (C=O) groups excluding carboxylic acids is 1. The largest absolute Gasteiger partial charge is 0.497 e. The minimum absolute atomic E-state index is 0.0117. The van der Waals surface area contributed by atoms with E-state index in [-0.39, 0.29) is 5.78 Å². The maximum Gasteiger partial charge on any atom is 0.207 e. The highest BCUT2D eigenvalue weighted by molar-refractivity contribution is 6.30. The van der Waals surface area contributed by atoms with E-state index in [2.05, 4.69) is 0 Å². The molecule has 0 aliphatic carbocycles. The van der Waals surface area contributed by atoms with Gasteiger partial charge in [-0.15, -0.1) is 0 Å². The summed E-state index contributed by atoms with van der Waals surface area (Å²) in [6.45, 7) is 0. The fourth-order valence-corrected chi connectivity index (χ4v) is 2.41. The third-order valence-corrected chi connectivity index (χ3v) is 3.60. The fraction of sp³-hybridized carbons (Fsp3) is 0.188. The average Bonchev–Trinajstić information content (AvgIpc) is 2.77. The first-order valence-corrected chi connectivity index (χ1v) is 6.68. The minimum Gasteiger partial charge on any atom is -0.497 e. The first kappa shape index (κ1) is 13.0. The molecule has 0 amide bonds. The summed E-state index contributed by atoms with van der Waals surface area (Å²) in [4.78, 5) is 12.3. The summed E-state index contributed by atoms with van der Waals surface area (Å²) >= 11 is 5.85. The highest BCUT2D eigenvalue weighted by Gasteiger charge is 2.32. The lowest BCUT2D eigenvalue weighted by atomic mass is 10.0. The lowest BCUT2D eigenvalue weighted by Crippen LogP contribution is -2.23. The molecule has 20 heavy (non-hydrogen) atoms. The predicted octanol–water partition coefficient (Wildman–Crippen LogP) is 3.54. The monoisotopic (exact) mass is 288 g/mol. The zero-order valence-corrected chi connectivity index (χ0v) is 11.7. The standard InChI is InChI=1S/C16H13ClO3/c1-19-12-6-7-13-14(9-12)20-15(16(13)18)8-10-2-4-11(17)5-3-10/h2-7,9,15H,8H2,1H3. The molecular formula is C16H13ClO3. The first-order chi connectivity index (χ1) is 9.67. The van der Waals surface area contributed by atoms with Crippen molar-refractivity contribution in [2.24, 2.45) is 0 Å². The van der Waals surface area contributed by atoms with Crippen LogP contribution in [0.2, 0.25) is 5.02 Å². The second kappa shape index (κ2) is 5.17. The summed E-state index contributed by atoms with van der Waals surface area (Å²) < 4.78 is 10.9. The number of benzene rings is 2. The summed E-state index contributed by atoms with van der Waals surface area (Å²) in [5, 5.41) is 0.681. The van der Waals surface area contributed by atoms with Crippen LogP contribution in [0.1, 0.15) is 15.9 Å². The van der Waals surface area contributed by atoms with Gasteiger partial charge in [-0.05, 0) is 29.8 Å². The van der Waals surface area contributed by atoms with E-state index >= 15 is 0 Å². The number of halogens is 1. The Kier molecular flexibility index (Phi) is 3.36. The zero-order valence-electron chi connectivity index (χ0n) is 10.9. The van der Waals surface area contributed by atoms with E-state index in [9.17, 15) is 4.79 Å². The number of fused-ring (bicyclic) bond motifs is 1. The molecule has 0 N–H and O–H groups in total. The Morgan fingerprint density at radius 1 is 1.20 bits per heavy atom. The number of ether oxygens (including phenoxy) is 2. The zero-order chi connectivity index (χ0) is 14.1. The normalized spacial score (nSPS) is 16.7. The molecule has 0 spiro atoms. The summed E-state index contributed by atoms with van der Waals surface area (Å²) in [6.07, 6.45) is 0.0609. The molecule has 0 saturated heterocycles. The van der Waals surface area contributed by atoms with E-state index in [1.54, 1.807) is 25.3 Å². The van der Waals surface area contributed by atoms with Gasteiger partial charge in [-0.25, -0.2) is 0 Å². The van der Waals surface area contributed by atoms with Gasteiger partial charge in [-0.1, -0.05) is 23.7 Å². The third kappa shape index (κ3) is 2.37. The Labute approximate surface area is 122 Å². The summed E-state index contributed by atoms with van der Waals surface area (Å²) in [6, 6.07) is 12.7. The van der Waals surface area contributed by atoms with Gasteiger partial charge in [0.1, 0.15) is 11.5 Å². The molecule has 4 heteroatoms. The van der Waals surface area contributed by atoms with Crippen molar-refractivity contribution in [1.82, 2.24) is 0 Å². The molecule has 0 fully saturated rings. The molecule has 1 atom stereocenters. The van der Waals surface area contributed by atoms with Gasteiger partial charge >= 0.3 is 0 Å². The van der Waals surface area contributed by atoms with Crippen LogP contribution in [0.4, 0.5) is 0 Å². The van der Waals surface area contributed by atoms with Gasteiger partial charge < -0.3 is 9.47 Å². The molecule has 0 saturated carbocycles. The van der Waals surface area contributed by atoms with Crippen molar-refractivity contribution in [2.45, 2.75) is 12.5 Å². The molecule has 0 bridgehead atoms. The van der Waals surface area contributed by atoms with Crippen molar-refractivity contribution in [2.75, 3.05) is 7.11 Å². The fourth-order valence-electron chi connectivity index (χ4n) is 2.28. The number of methoxy groups -OCH3 is 1. The van der Waals surface area contributed by atoms with E-state index in [0.717, 1.165) is 5.56 Å². The van der Waals surface area contributed by atoms with Crippen molar-refractivity contribution in [3.8, 4) is 11.5 Å². The topological polar surface area (TPSA) is 35.5 Å². The summed E-state index contributed by atoms with van der Waals surface area (Å²) in [5.74, 6) is 1.29. The molecule has 102 valence electrons. The van der Waals surface area contributed by atoms with Gasteiger partial charge in [-0.2, -0.15) is 0 Å². The number of rotatable bonds is 3. The van der Waals surface area contributed by atoms with Crippen LogP contribution >= 0.6 is 11.6 Å². The number of Topliss-reactive ketones (excluding diaryl/α,β-unsaturated/α-hetero) is 1. The van der Waals surface area contributed by atoms with Gasteiger partial charge in [0.2, 0.25) is 5.78 Å². The average molecular weight is 289 g/mol. The maximum atomic E-state index is 12.3. The quantitative estimate of drug-likeness (QED) is 0.867. The van der Waals surface area contributed by atoms with Gasteiger partial charge in [-0.3, -0.25) is 4.79 Å². The third-order valence-electron chi connectivity index (χ3n) is 3.35. The van der Waals surface area contributed by atoms with Crippen LogP contribution in [-0.2, 0) is 6.42 Å². The Morgan fingerprint density at radius 2 is 1.95 bits per heavy atom. The molecule has 0 radical (unpaired) electrons. The summed E-state index contributed by atoms with van der Waals surface area (Å²) in [5.41, 5.74) is 1.64. The van der Waals surface area contributed by atoms with Crippen LogP contribution < -0.4 is 9.47 Å². The van der Waals surface area contributed by atoms with Gasteiger partial charge in [0.15, 0.2) is 6.10 Å². The van der Waals surface area contributed by atoms with E-state index in [1.165, 1.54) is 0 Å². The molecule has 1 heterocycles. The van der Waals surface area contributed by atoms with Crippen LogP contribution in [0.15, 0.2) is 42.5 Å². The number of hydrogen-bond acceptors (Lipinski definition) is 3. The Hall–Kier alpha value is -2.00. The lowest BCUT2D eigenvalue weighted by Gasteiger charge is -2.09.